The van der Waals surface area contributed by atoms with Crippen LogP contribution in [0.4, 0.5) is 22.3 Å². The van der Waals surface area contributed by atoms with E-state index in [0.717, 1.165) is 12.8 Å². The van der Waals surface area contributed by atoms with Crippen molar-refractivity contribution in [3.8, 4) is 11.6 Å². The molecule has 3 heterocycles. The van der Waals surface area contributed by atoms with Gasteiger partial charge in [0.1, 0.15) is 11.4 Å². The van der Waals surface area contributed by atoms with Gasteiger partial charge in [-0.25, -0.2) is 18.4 Å². The molecule has 2 aromatic carbocycles. The van der Waals surface area contributed by atoms with Crippen molar-refractivity contribution >= 4 is 53.9 Å². The van der Waals surface area contributed by atoms with E-state index in [1.807, 2.05) is 39.0 Å². The van der Waals surface area contributed by atoms with E-state index >= 15 is 0 Å². The number of nitrogens with two attached hydrogens (primary N) is 1. The van der Waals surface area contributed by atoms with Crippen molar-refractivity contribution in [2.24, 2.45) is 10.2 Å². The molecule has 0 unspecified atom stereocenters. The Morgan fingerprint density at radius 1 is 1.05 bits per heavy atom. The van der Waals surface area contributed by atoms with Gasteiger partial charge < -0.3 is 10.5 Å². The number of nitrogen functional groups attached to an aromatic ring is 1. The number of anilines is 2. The number of sulfonamides is 1. The van der Waals surface area contributed by atoms with E-state index in [-0.39, 0.29) is 21.5 Å². The van der Waals surface area contributed by atoms with Crippen molar-refractivity contribution in [1.29, 1.82) is 0 Å². The summed E-state index contributed by atoms with van der Waals surface area (Å²) in [6, 6.07) is 17.2. The van der Waals surface area contributed by atoms with Gasteiger partial charge in [-0.2, -0.15) is 9.78 Å². The zero-order valence-corrected chi connectivity index (χ0v) is 26.3. The van der Waals surface area contributed by atoms with Crippen molar-refractivity contribution in [2.45, 2.75) is 63.9 Å². The fourth-order valence-electron chi connectivity index (χ4n) is 4.35. The van der Waals surface area contributed by atoms with Crippen molar-refractivity contribution < 1.29 is 13.2 Å². The smallest absolute Gasteiger partial charge is 0.263 e. The van der Waals surface area contributed by atoms with Crippen LogP contribution in [0.25, 0.3) is 16.0 Å². The summed E-state index contributed by atoms with van der Waals surface area (Å²) in [6.45, 7) is 10.2. The SMILES string of the molecule is CCC(CC)Oc1cc2nc(NS(=O)(=O)c3ccccc3)sc2cc1N=Nc1c(C(C)(C)C)nn(-c2ccccn2)c1N. The lowest BCUT2D eigenvalue weighted by molar-refractivity contribution is 0.194. The molecule has 3 N–H and O–H groups in total. The van der Waals surface area contributed by atoms with Gasteiger partial charge in [-0.05, 0) is 43.2 Å². The first-order chi connectivity index (χ1) is 20.5. The van der Waals surface area contributed by atoms with Gasteiger partial charge in [0.2, 0.25) is 0 Å². The summed E-state index contributed by atoms with van der Waals surface area (Å²) in [5, 5.41) is 14.2. The lowest BCUT2D eigenvalue weighted by atomic mass is 9.91. The second-order valence-electron chi connectivity index (χ2n) is 10.9. The van der Waals surface area contributed by atoms with Crippen LogP contribution in [0.5, 0.6) is 5.75 Å². The van der Waals surface area contributed by atoms with Crippen LogP contribution in [-0.2, 0) is 15.4 Å². The molecule has 0 spiro atoms. The zero-order chi connectivity index (χ0) is 30.8. The molecule has 0 saturated heterocycles. The Balaban J connectivity index is 1.58. The van der Waals surface area contributed by atoms with Crippen molar-refractivity contribution in [3.05, 3.63) is 72.6 Å². The number of benzene rings is 2. The molecule has 0 aliphatic rings. The predicted molar refractivity (Wildman–Crippen MR) is 171 cm³/mol. The molecule has 0 amide bonds. The number of azo groups is 1. The highest BCUT2D eigenvalue weighted by Gasteiger charge is 2.27. The number of aromatic nitrogens is 4. The minimum absolute atomic E-state index is 0.0526. The topological polar surface area (TPSA) is 150 Å². The highest BCUT2D eigenvalue weighted by Crippen LogP contribution is 2.41. The third-order valence-corrected chi connectivity index (χ3v) is 9.10. The largest absolute Gasteiger partial charge is 0.488 e. The van der Waals surface area contributed by atoms with Gasteiger partial charge in [0.05, 0.1) is 26.9 Å². The molecular formula is C30H34N8O3S2. The summed E-state index contributed by atoms with van der Waals surface area (Å²) in [5.74, 6) is 1.37. The summed E-state index contributed by atoms with van der Waals surface area (Å²) in [5.41, 5.74) is 8.32. The average Bonchev–Trinajstić information content (AvgIpc) is 3.54. The van der Waals surface area contributed by atoms with Crippen molar-refractivity contribution in [1.82, 2.24) is 19.7 Å². The third kappa shape index (κ3) is 6.52. The van der Waals surface area contributed by atoms with E-state index in [0.29, 0.717) is 44.7 Å². The molecule has 3 aromatic heterocycles. The molecule has 224 valence electrons. The van der Waals surface area contributed by atoms with Crippen LogP contribution < -0.4 is 15.2 Å². The van der Waals surface area contributed by atoms with E-state index in [1.165, 1.54) is 23.5 Å². The Bertz CT molecular complexity index is 1860. The normalized spacial score (nSPS) is 12.4. The molecule has 11 nitrogen and oxygen atoms in total. The maximum Gasteiger partial charge on any atom is 0.263 e. The Hall–Kier alpha value is -4.36. The first-order valence-electron chi connectivity index (χ1n) is 13.9. The molecule has 0 bridgehead atoms. The van der Waals surface area contributed by atoms with Crippen LogP contribution in [-0.4, -0.2) is 34.3 Å². The quantitative estimate of drug-likeness (QED) is 0.154. The van der Waals surface area contributed by atoms with E-state index in [1.54, 1.807) is 41.2 Å². The number of ether oxygens (including phenoxy) is 1. The van der Waals surface area contributed by atoms with E-state index in [9.17, 15) is 8.42 Å². The van der Waals surface area contributed by atoms with Crippen LogP contribution in [0.2, 0.25) is 0 Å². The lowest BCUT2D eigenvalue weighted by Gasteiger charge is -2.17. The minimum Gasteiger partial charge on any atom is -0.488 e. The van der Waals surface area contributed by atoms with Crippen LogP contribution in [0, 0.1) is 0 Å². The summed E-state index contributed by atoms with van der Waals surface area (Å²) >= 11 is 1.20. The predicted octanol–water partition coefficient (Wildman–Crippen LogP) is 7.54. The summed E-state index contributed by atoms with van der Waals surface area (Å²) in [6.07, 6.45) is 3.21. The number of rotatable bonds is 10. The molecular weight excluding hydrogens is 585 g/mol. The average molecular weight is 619 g/mol. The Morgan fingerprint density at radius 3 is 2.42 bits per heavy atom. The van der Waals surface area contributed by atoms with Crippen LogP contribution in [0.3, 0.4) is 0 Å². The highest BCUT2D eigenvalue weighted by molar-refractivity contribution is 7.93. The minimum atomic E-state index is -3.80. The van der Waals surface area contributed by atoms with Crippen LogP contribution in [0.1, 0.15) is 53.2 Å². The standard InChI is InChI=1S/C30H34N8O3S2/c1-6-19(7-2)41-23-17-22-24(42-29(33-22)37-43(39,40)20-13-9-8-10-14-20)18-21(23)34-35-26-27(30(3,4)5)36-38(28(26)31)25-15-11-12-16-32-25/h8-19H,6-7,31H2,1-5H3,(H,33,37). The van der Waals surface area contributed by atoms with E-state index < -0.39 is 10.0 Å². The molecule has 0 aliphatic heterocycles. The summed E-state index contributed by atoms with van der Waals surface area (Å²) < 4.78 is 37.0. The van der Waals surface area contributed by atoms with E-state index in [4.69, 9.17) is 15.6 Å². The number of nitrogens with one attached hydrogen (secondary N) is 1. The molecule has 0 radical (unpaired) electrons. The summed E-state index contributed by atoms with van der Waals surface area (Å²) in [7, 11) is -3.80. The maximum absolute atomic E-state index is 12.9. The second-order valence-corrected chi connectivity index (χ2v) is 13.6. The lowest BCUT2D eigenvalue weighted by Crippen LogP contribution is -2.13. The van der Waals surface area contributed by atoms with Gasteiger partial charge in [0.15, 0.2) is 22.5 Å². The summed E-state index contributed by atoms with van der Waals surface area (Å²) in [4.78, 5) is 9.07. The van der Waals surface area contributed by atoms with Crippen LogP contribution >= 0.6 is 11.3 Å². The van der Waals surface area contributed by atoms with Gasteiger partial charge in [0.25, 0.3) is 10.0 Å². The number of nitrogens with zero attached hydrogens (tertiary/aromatic N) is 6. The number of thiazole rings is 1. The molecule has 5 aromatic rings. The van der Waals surface area contributed by atoms with Gasteiger partial charge in [0, 0.05) is 17.7 Å². The maximum atomic E-state index is 12.9. The number of hydrogen-bond donors (Lipinski definition) is 2. The first-order valence-corrected chi connectivity index (χ1v) is 16.2. The molecule has 0 fully saturated rings. The Labute approximate surface area is 254 Å². The first kappa shape index (κ1) is 30.1. The molecule has 0 atom stereocenters. The van der Waals surface area contributed by atoms with E-state index in [2.05, 4.69) is 38.8 Å². The van der Waals surface area contributed by atoms with Crippen molar-refractivity contribution in [2.75, 3.05) is 10.5 Å². The van der Waals surface area contributed by atoms with Crippen molar-refractivity contribution in [3.63, 3.8) is 0 Å². The van der Waals surface area contributed by atoms with Gasteiger partial charge >= 0.3 is 0 Å². The monoisotopic (exact) mass is 618 g/mol. The van der Waals surface area contributed by atoms with Gasteiger partial charge in [-0.15, -0.1) is 10.2 Å². The molecule has 0 saturated carbocycles. The highest BCUT2D eigenvalue weighted by atomic mass is 32.2. The number of fused-ring (bicyclic) bond motifs is 1. The molecule has 43 heavy (non-hydrogen) atoms. The Morgan fingerprint density at radius 2 is 1.77 bits per heavy atom. The van der Waals surface area contributed by atoms with Gasteiger partial charge in [-0.1, -0.05) is 70.2 Å². The number of hydrogen-bond acceptors (Lipinski definition) is 10. The molecule has 13 heteroatoms. The van der Waals surface area contributed by atoms with Crippen LogP contribution in [0.15, 0.2) is 82.0 Å². The Kier molecular flexibility index (Phi) is 8.47. The second kappa shape index (κ2) is 12.1. The molecule has 0 aliphatic carbocycles. The number of pyridine rings is 1. The third-order valence-electron chi connectivity index (χ3n) is 6.68. The fourth-order valence-corrected chi connectivity index (χ4v) is 6.49. The molecule has 5 rings (SSSR count). The zero-order valence-electron chi connectivity index (χ0n) is 24.6. The fraction of sp³-hybridized carbons (Fsp3) is 0.300. The van der Waals surface area contributed by atoms with Gasteiger partial charge in [-0.3, -0.25) is 4.72 Å².